The van der Waals surface area contributed by atoms with Crippen LogP contribution in [0.5, 0.6) is 0 Å². The highest BCUT2D eigenvalue weighted by molar-refractivity contribution is 5.91. The number of carbonyl (C=O) groups excluding carboxylic acids is 1. The molecule has 0 bridgehead atoms. The summed E-state index contributed by atoms with van der Waals surface area (Å²) in [6.07, 6.45) is -4.15. The third-order valence-electron chi connectivity index (χ3n) is 2.65. The van der Waals surface area contributed by atoms with Crippen molar-refractivity contribution in [2.45, 2.75) is 26.1 Å². The van der Waals surface area contributed by atoms with E-state index in [1.54, 1.807) is 6.92 Å². The summed E-state index contributed by atoms with van der Waals surface area (Å²) in [6.45, 7) is 1.26. The zero-order valence-electron chi connectivity index (χ0n) is 11.8. The Labute approximate surface area is 120 Å². The van der Waals surface area contributed by atoms with E-state index >= 15 is 0 Å². The molecule has 0 aliphatic carbocycles. The van der Waals surface area contributed by atoms with Crippen molar-refractivity contribution in [3.63, 3.8) is 0 Å². The van der Waals surface area contributed by atoms with Crippen LogP contribution >= 0.6 is 0 Å². The van der Waals surface area contributed by atoms with E-state index in [1.807, 2.05) is 0 Å². The maximum atomic E-state index is 12.6. The zero-order chi connectivity index (χ0) is 15.9. The van der Waals surface area contributed by atoms with Gasteiger partial charge in [0, 0.05) is 19.8 Å². The van der Waals surface area contributed by atoms with Gasteiger partial charge in [0.2, 0.25) is 0 Å². The van der Waals surface area contributed by atoms with Crippen LogP contribution in [-0.2, 0) is 11.3 Å². The molecule has 0 spiro atoms. The molecule has 1 heterocycles. The fraction of sp³-hybridized carbons (Fsp3) is 0.615. The van der Waals surface area contributed by atoms with E-state index in [4.69, 9.17) is 14.9 Å². The molecular formula is C13H19F3N2O3. The van der Waals surface area contributed by atoms with Crippen molar-refractivity contribution in [3.05, 3.63) is 23.7 Å². The summed E-state index contributed by atoms with van der Waals surface area (Å²) in [4.78, 5) is 12.8. The second kappa shape index (κ2) is 8.04. The van der Waals surface area contributed by atoms with Gasteiger partial charge in [0.15, 0.2) is 5.76 Å². The predicted molar refractivity (Wildman–Crippen MR) is 69.7 cm³/mol. The molecule has 0 fully saturated rings. The summed E-state index contributed by atoms with van der Waals surface area (Å²) in [6, 6.07) is 2.80. The third-order valence-corrected chi connectivity index (χ3v) is 2.65. The highest BCUT2D eigenvalue weighted by atomic mass is 19.4. The number of carbonyl (C=O) groups is 1. The van der Waals surface area contributed by atoms with Gasteiger partial charge in [0.1, 0.15) is 12.3 Å². The minimum atomic E-state index is -4.47. The summed E-state index contributed by atoms with van der Waals surface area (Å²) in [5.74, 6) is -0.598. The van der Waals surface area contributed by atoms with Crippen LogP contribution in [0.2, 0.25) is 0 Å². The number of furan rings is 1. The molecule has 0 radical (unpaired) electrons. The van der Waals surface area contributed by atoms with E-state index in [1.165, 1.54) is 12.1 Å². The molecule has 0 saturated heterocycles. The van der Waals surface area contributed by atoms with E-state index in [0.29, 0.717) is 30.3 Å². The molecule has 1 amide bonds. The Morgan fingerprint density at radius 3 is 2.67 bits per heavy atom. The molecule has 0 atom stereocenters. The maximum Gasteiger partial charge on any atom is 0.406 e. The number of amides is 1. The summed E-state index contributed by atoms with van der Waals surface area (Å²) in [5, 5.41) is 0. The lowest BCUT2D eigenvalue weighted by molar-refractivity contribution is -0.141. The average molecular weight is 308 g/mol. The molecule has 1 aromatic rings. The van der Waals surface area contributed by atoms with E-state index in [-0.39, 0.29) is 18.8 Å². The minimum Gasteiger partial charge on any atom is -0.455 e. The second-order valence-corrected chi connectivity index (χ2v) is 4.36. The molecular weight excluding hydrogens is 289 g/mol. The van der Waals surface area contributed by atoms with Gasteiger partial charge >= 0.3 is 6.18 Å². The fourth-order valence-corrected chi connectivity index (χ4v) is 1.73. The normalized spacial score (nSPS) is 11.7. The number of hydrogen-bond donors (Lipinski definition) is 1. The highest BCUT2D eigenvalue weighted by Gasteiger charge is 2.34. The van der Waals surface area contributed by atoms with Gasteiger partial charge in [-0.25, -0.2) is 0 Å². The number of hydrogen-bond acceptors (Lipinski definition) is 4. The second-order valence-electron chi connectivity index (χ2n) is 4.36. The Morgan fingerprint density at radius 1 is 1.43 bits per heavy atom. The average Bonchev–Trinajstić information content (AvgIpc) is 2.89. The lowest BCUT2D eigenvalue weighted by Crippen LogP contribution is -2.39. The van der Waals surface area contributed by atoms with Gasteiger partial charge in [-0.1, -0.05) is 0 Å². The molecule has 0 aromatic carbocycles. The van der Waals surface area contributed by atoms with Gasteiger partial charge < -0.3 is 19.8 Å². The number of alkyl halides is 3. The lowest BCUT2D eigenvalue weighted by Gasteiger charge is -2.23. The Kier molecular flexibility index (Phi) is 6.70. The van der Waals surface area contributed by atoms with Gasteiger partial charge in [0.05, 0.1) is 6.54 Å². The lowest BCUT2D eigenvalue weighted by atomic mass is 10.3. The molecule has 2 N–H and O–H groups in total. The van der Waals surface area contributed by atoms with Crippen LogP contribution in [0.1, 0.15) is 29.7 Å². The fourth-order valence-electron chi connectivity index (χ4n) is 1.73. The largest absolute Gasteiger partial charge is 0.455 e. The summed E-state index contributed by atoms with van der Waals surface area (Å²) >= 11 is 0. The van der Waals surface area contributed by atoms with Gasteiger partial charge in [-0.2, -0.15) is 13.2 Å². The van der Waals surface area contributed by atoms with Crippen LogP contribution in [0.15, 0.2) is 16.5 Å². The van der Waals surface area contributed by atoms with E-state index in [2.05, 4.69) is 0 Å². The quantitative estimate of drug-likeness (QED) is 0.747. The predicted octanol–water partition coefficient (Wildman–Crippen LogP) is 2.17. The standard InChI is InChI=1S/C13H19F3N2O3/c1-2-20-7-3-6-18(9-13(14,15)16)12(19)11-5-4-10(8-17)21-11/h4-5H,2-3,6-9,17H2,1H3. The van der Waals surface area contributed by atoms with Crippen molar-refractivity contribution in [2.24, 2.45) is 5.73 Å². The maximum absolute atomic E-state index is 12.6. The molecule has 8 heteroatoms. The first kappa shape index (κ1) is 17.5. The SMILES string of the molecule is CCOCCCN(CC(F)(F)F)C(=O)c1ccc(CN)o1. The van der Waals surface area contributed by atoms with E-state index in [0.717, 1.165) is 0 Å². The van der Waals surface area contributed by atoms with Crippen LogP contribution < -0.4 is 5.73 Å². The smallest absolute Gasteiger partial charge is 0.406 e. The summed E-state index contributed by atoms with van der Waals surface area (Å²) in [7, 11) is 0. The third kappa shape index (κ3) is 6.17. The van der Waals surface area contributed by atoms with E-state index < -0.39 is 18.6 Å². The van der Waals surface area contributed by atoms with Crippen LogP contribution in [-0.4, -0.2) is 43.3 Å². The molecule has 0 unspecified atom stereocenters. The minimum absolute atomic E-state index is 0.0585. The molecule has 1 rings (SSSR count). The van der Waals surface area contributed by atoms with Crippen molar-refractivity contribution in [1.82, 2.24) is 4.90 Å². The Balaban J connectivity index is 2.71. The van der Waals surface area contributed by atoms with Crippen molar-refractivity contribution in [2.75, 3.05) is 26.3 Å². The van der Waals surface area contributed by atoms with Crippen LogP contribution in [0.3, 0.4) is 0 Å². The molecule has 120 valence electrons. The highest BCUT2D eigenvalue weighted by Crippen LogP contribution is 2.19. The first-order chi connectivity index (χ1) is 9.87. The molecule has 1 aromatic heterocycles. The van der Waals surface area contributed by atoms with Crippen LogP contribution in [0.25, 0.3) is 0 Å². The van der Waals surface area contributed by atoms with E-state index in [9.17, 15) is 18.0 Å². The Hall–Kier alpha value is -1.54. The Bertz CT molecular complexity index is 446. The molecule has 5 nitrogen and oxygen atoms in total. The zero-order valence-corrected chi connectivity index (χ0v) is 11.8. The topological polar surface area (TPSA) is 68.7 Å². The number of halogens is 3. The monoisotopic (exact) mass is 308 g/mol. The van der Waals surface area contributed by atoms with Crippen molar-refractivity contribution < 1.29 is 27.1 Å². The molecule has 21 heavy (non-hydrogen) atoms. The van der Waals surface area contributed by atoms with Gasteiger partial charge in [-0.05, 0) is 25.5 Å². The van der Waals surface area contributed by atoms with Gasteiger partial charge in [-0.15, -0.1) is 0 Å². The van der Waals surface area contributed by atoms with Gasteiger partial charge in [-0.3, -0.25) is 4.79 Å². The number of nitrogens with zero attached hydrogens (tertiary/aromatic N) is 1. The van der Waals surface area contributed by atoms with Crippen LogP contribution in [0, 0.1) is 0 Å². The molecule has 0 aliphatic rings. The molecule has 0 saturated carbocycles. The van der Waals surface area contributed by atoms with Crippen LogP contribution in [0.4, 0.5) is 13.2 Å². The Morgan fingerprint density at radius 2 is 2.14 bits per heavy atom. The first-order valence-corrected chi connectivity index (χ1v) is 6.60. The number of nitrogens with two attached hydrogens (primary N) is 1. The number of ether oxygens (including phenoxy) is 1. The van der Waals surface area contributed by atoms with Crippen molar-refractivity contribution in [1.29, 1.82) is 0 Å². The summed E-state index contributed by atoms with van der Waals surface area (Å²) < 4.78 is 47.8. The van der Waals surface area contributed by atoms with Crippen molar-refractivity contribution >= 4 is 5.91 Å². The first-order valence-electron chi connectivity index (χ1n) is 6.60. The van der Waals surface area contributed by atoms with Crippen molar-refractivity contribution in [3.8, 4) is 0 Å². The molecule has 0 aliphatic heterocycles. The van der Waals surface area contributed by atoms with Gasteiger partial charge in [0.25, 0.3) is 5.91 Å². The number of rotatable bonds is 8. The summed E-state index contributed by atoms with van der Waals surface area (Å²) in [5.41, 5.74) is 5.34.